The van der Waals surface area contributed by atoms with E-state index in [-0.39, 0.29) is 5.69 Å². The molecule has 0 radical (unpaired) electrons. The molecule has 0 amide bonds. The van der Waals surface area contributed by atoms with E-state index in [1.807, 2.05) is 18.3 Å². The number of hydrogen-bond acceptors (Lipinski definition) is 1. The van der Waals surface area contributed by atoms with Crippen molar-refractivity contribution in [3.05, 3.63) is 87.6 Å². The number of hydrogen-bond donors (Lipinski definition) is 0. The van der Waals surface area contributed by atoms with Crippen LogP contribution < -0.4 is 5.69 Å². The van der Waals surface area contributed by atoms with Crippen molar-refractivity contribution in [2.45, 2.75) is 31.7 Å². The number of imidazole rings is 1. The lowest BCUT2D eigenvalue weighted by Crippen LogP contribution is -2.23. The molecule has 4 heteroatoms. The lowest BCUT2D eigenvalue weighted by molar-refractivity contribution is 0.419. The maximum atomic E-state index is 12.6. The third kappa shape index (κ3) is 2.92. The Balaban J connectivity index is 1.54. The van der Waals surface area contributed by atoms with Crippen molar-refractivity contribution in [1.82, 2.24) is 9.13 Å². The van der Waals surface area contributed by atoms with Gasteiger partial charge in [0.2, 0.25) is 0 Å². The molecule has 0 saturated heterocycles. The predicted octanol–water partition coefficient (Wildman–Crippen LogP) is 4.61. The van der Waals surface area contributed by atoms with Crippen molar-refractivity contribution < 1.29 is 0 Å². The zero-order valence-corrected chi connectivity index (χ0v) is 14.1. The second kappa shape index (κ2) is 6.33. The van der Waals surface area contributed by atoms with E-state index >= 15 is 0 Å². The van der Waals surface area contributed by atoms with E-state index in [2.05, 4.69) is 24.3 Å². The first kappa shape index (κ1) is 15.3. The molecule has 0 N–H and O–H groups in total. The molecule has 24 heavy (non-hydrogen) atoms. The van der Waals surface area contributed by atoms with Crippen LogP contribution in [0, 0.1) is 0 Å². The van der Waals surface area contributed by atoms with Gasteiger partial charge in [0.25, 0.3) is 0 Å². The highest BCUT2D eigenvalue weighted by Crippen LogP contribution is 2.36. The van der Waals surface area contributed by atoms with Gasteiger partial charge in [0.15, 0.2) is 0 Å². The Labute approximate surface area is 146 Å². The molecule has 1 aromatic heterocycles. The third-order valence-corrected chi connectivity index (χ3v) is 5.11. The first-order chi connectivity index (χ1) is 11.7. The molecule has 1 aliphatic carbocycles. The first-order valence-corrected chi connectivity index (χ1v) is 8.71. The minimum Gasteiger partial charge on any atom is -0.294 e. The number of rotatable bonds is 4. The van der Waals surface area contributed by atoms with E-state index < -0.39 is 0 Å². The van der Waals surface area contributed by atoms with Crippen LogP contribution in [0.1, 0.15) is 36.3 Å². The van der Waals surface area contributed by atoms with Crippen LogP contribution in [0.3, 0.4) is 0 Å². The van der Waals surface area contributed by atoms with E-state index in [0.29, 0.717) is 11.6 Å². The highest BCUT2D eigenvalue weighted by molar-refractivity contribution is 6.30. The fourth-order valence-electron chi connectivity index (χ4n) is 3.17. The lowest BCUT2D eigenvalue weighted by atomic mass is 9.80. The first-order valence-electron chi connectivity index (χ1n) is 8.33. The van der Waals surface area contributed by atoms with Gasteiger partial charge in [0.1, 0.15) is 0 Å². The molecule has 3 nitrogen and oxygen atoms in total. The largest absolute Gasteiger partial charge is 0.333 e. The summed E-state index contributed by atoms with van der Waals surface area (Å²) in [6.07, 6.45) is 7.59. The average molecular weight is 339 g/mol. The summed E-state index contributed by atoms with van der Waals surface area (Å²) in [6, 6.07) is 16.0. The third-order valence-electron chi connectivity index (χ3n) is 4.86. The second-order valence-electron chi connectivity index (χ2n) is 6.42. The normalized spacial score (nSPS) is 14.5. The van der Waals surface area contributed by atoms with E-state index in [4.69, 9.17) is 11.6 Å². The smallest absolute Gasteiger partial charge is 0.294 e. The number of nitrogens with zero attached hydrogens (tertiary/aromatic N) is 2. The minimum absolute atomic E-state index is 0.0413. The van der Waals surface area contributed by atoms with Gasteiger partial charge in [-0.25, -0.2) is 4.79 Å². The summed E-state index contributed by atoms with van der Waals surface area (Å²) in [5, 5.41) is 0.665. The van der Waals surface area contributed by atoms with Gasteiger partial charge in [-0.3, -0.25) is 9.13 Å². The minimum atomic E-state index is -0.0413. The van der Waals surface area contributed by atoms with Crippen molar-refractivity contribution in [1.29, 1.82) is 0 Å². The van der Waals surface area contributed by atoms with Crippen molar-refractivity contribution in [2.24, 2.45) is 0 Å². The molecule has 1 saturated carbocycles. The van der Waals surface area contributed by atoms with E-state index in [9.17, 15) is 4.79 Å². The summed E-state index contributed by atoms with van der Waals surface area (Å²) in [7, 11) is 0. The van der Waals surface area contributed by atoms with Gasteiger partial charge in [-0.2, -0.15) is 0 Å². The summed E-state index contributed by atoms with van der Waals surface area (Å²) < 4.78 is 3.37. The standard InChI is InChI=1S/C20H19ClN2O/c21-18-8-10-19(11-9-18)23-13-12-22(20(23)24)14-15-4-6-17(7-5-15)16-2-1-3-16/h4-13,16H,1-3,14H2. The molecule has 0 aliphatic heterocycles. The quantitative estimate of drug-likeness (QED) is 0.682. The summed E-state index contributed by atoms with van der Waals surface area (Å²) in [5.74, 6) is 0.743. The van der Waals surface area contributed by atoms with Gasteiger partial charge in [-0.1, -0.05) is 42.3 Å². The summed E-state index contributed by atoms with van der Waals surface area (Å²) >= 11 is 5.91. The number of halogens is 1. The fourth-order valence-corrected chi connectivity index (χ4v) is 3.29. The Morgan fingerprint density at radius 3 is 2.29 bits per heavy atom. The molecule has 0 unspecified atom stereocenters. The molecule has 1 aliphatic rings. The average Bonchev–Trinajstić information content (AvgIpc) is 2.89. The van der Waals surface area contributed by atoms with Crippen LogP contribution in [0.5, 0.6) is 0 Å². The van der Waals surface area contributed by atoms with Gasteiger partial charge in [0.05, 0.1) is 12.2 Å². The molecule has 1 heterocycles. The van der Waals surface area contributed by atoms with Crippen molar-refractivity contribution in [3.63, 3.8) is 0 Å². The zero-order chi connectivity index (χ0) is 16.5. The molecule has 1 fully saturated rings. The Morgan fingerprint density at radius 2 is 1.67 bits per heavy atom. The number of benzene rings is 2. The molecule has 2 aromatic carbocycles. The van der Waals surface area contributed by atoms with Gasteiger partial charge in [0, 0.05) is 17.4 Å². The van der Waals surface area contributed by atoms with Crippen LogP contribution in [-0.4, -0.2) is 9.13 Å². The van der Waals surface area contributed by atoms with Gasteiger partial charge < -0.3 is 0 Å². The van der Waals surface area contributed by atoms with Crippen molar-refractivity contribution in [2.75, 3.05) is 0 Å². The fraction of sp³-hybridized carbons (Fsp3) is 0.250. The van der Waals surface area contributed by atoms with Crippen LogP contribution in [0.4, 0.5) is 0 Å². The van der Waals surface area contributed by atoms with Crippen molar-refractivity contribution in [3.8, 4) is 5.69 Å². The van der Waals surface area contributed by atoms with Gasteiger partial charge in [-0.05, 0) is 54.2 Å². The van der Waals surface area contributed by atoms with Gasteiger partial charge in [-0.15, -0.1) is 0 Å². The monoisotopic (exact) mass is 338 g/mol. The van der Waals surface area contributed by atoms with Crippen LogP contribution >= 0.6 is 11.6 Å². The summed E-state index contributed by atoms with van der Waals surface area (Å²) in [6.45, 7) is 0.588. The molecular formula is C20H19ClN2O. The molecule has 122 valence electrons. The van der Waals surface area contributed by atoms with E-state index in [0.717, 1.165) is 17.2 Å². The SMILES string of the molecule is O=c1n(Cc2ccc(C3CCC3)cc2)ccn1-c1ccc(Cl)cc1. The van der Waals surface area contributed by atoms with Crippen LogP contribution in [-0.2, 0) is 6.54 Å². The predicted molar refractivity (Wildman–Crippen MR) is 97.2 cm³/mol. The second-order valence-corrected chi connectivity index (χ2v) is 6.86. The van der Waals surface area contributed by atoms with E-state index in [1.165, 1.54) is 24.8 Å². The number of aromatic nitrogens is 2. The molecule has 4 rings (SSSR count). The molecular weight excluding hydrogens is 320 g/mol. The Hall–Kier alpha value is -2.26. The van der Waals surface area contributed by atoms with Crippen LogP contribution in [0.15, 0.2) is 65.7 Å². The Bertz CT molecular complexity index is 887. The molecule has 0 spiro atoms. The molecule has 0 atom stereocenters. The highest BCUT2D eigenvalue weighted by atomic mass is 35.5. The van der Waals surface area contributed by atoms with Gasteiger partial charge >= 0.3 is 5.69 Å². The van der Waals surface area contributed by atoms with E-state index in [1.54, 1.807) is 27.5 Å². The maximum absolute atomic E-state index is 12.6. The zero-order valence-electron chi connectivity index (χ0n) is 13.4. The lowest BCUT2D eigenvalue weighted by Gasteiger charge is -2.25. The van der Waals surface area contributed by atoms with Crippen LogP contribution in [0.25, 0.3) is 5.69 Å². The topological polar surface area (TPSA) is 26.9 Å². The van der Waals surface area contributed by atoms with Crippen LogP contribution in [0.2, 0.25) is 5.02 Å². The van der Waals surface area contributed by atoms with Crippen molar-refractivity contribution >= 4 is 11.6 Å². The molecule has 3 aromatic rings. The summed E-state index contributed by atoms with van der Waals surface area (Å²) in [4.78, 5) is 12.6. The highest BCUT2D eigenvalue weighted by Gasteiger charge is 2.18. The Kier molecular flexibility index (Phi) is 4.03. The Morgan fingerprint density at radius 1 is 0.958 bits per heavy atom. The maximum Gasteiger partial charge on any atom is 0.333 e. The summed E-state index contributed by atoms with van der Waals surface area (Å²) in [5.41, 5.74) is 3.36. The molecule has 0 bridgehead atoms.